The molecule has 0 aliphatic heterocycles. The monoisotopic (exact) mass is 435 g/mol. The van der Waals surface area contributed by atoms with Crippen LogP contribution < -0.4 is 11.1 Å². The lowest BCUT2D eigenvalue weighted by Crippen LogP contribution is -2.11. The summed E-state index contributed by atoms with van der Waals surface area (Å²) in [6.45, 7) is 7.88. The Balaban J connectivity index is 0.000000416. The molecule has 142 valence electrons. The molecule has 0 aromatic carbocycles. The Morgan fingerprint density at radius 1 is 0.923 bits per heavy atom. The summed E-state index contributed by atoms with van der Waals surface area (Å²) in [6.07, 6.45) is 0. The average molecular weight is 437 g/mol. The number of pyridine rings is 2. The van der Waals surface area contributed by atoms with Crippen molar-refractivity contribution in [3.05, 3.63) is 50.3 Å². The predicted octanol–water partition coefficient (Wildman–Crippen LogP) is 5.82. The first-order chi connectivity index (χ1) is 12.0. The van der Waals surface area contributed by atoms with Crippen molar-refractivity contribution in [2.45, 2.75) is 39.8 Å². The van der Waals surface area contributed by atoms with Crippen molar-refractivity contribution >= 4 is 52.2 Å². The number of anilines is 1. The fourth-order valence-electron chi connectivity index (χ4n) is 1.37. The number of aromatic nitrogens is 2. The number of hydrogen-bond acceptors (Lipinski definition) is 5. The Morgan fingerprint density at radius 2 is 1.38 bits per heavy atom. The van der Waals surface area contributed by atoms with E-state index in [9.17, 15) is 0 Å². The van der Waals surface area contributed by atoms with E-state index in [2.05, 4.69) is 15.3 Å². The maximum Gasteiger partial charge on any atom is 0.132 e. The quantitative estimate of drug-likeness (QED) is 0.578. The lowest BCUT2D eigenvalue weighted by molar-refractivity contribution is 0.834. The third kappa shape index (κ3) is 13.0. The Bertz CT molecular complexity index is 676. The van der Waals surface area contributed by atoms with Gasteiger partial charge in [0.1, 0.15) is 21.3 Å². The van der Waals surface area contributed by atoms with E-state index in [0.717, 1.165) is 0 Å². The molecule has 0 bridgehead atoms. The molecular weight excluding hydrogens is 416 g/mol. The Kier molecular flexibility index (Phi) is 12.3. The van der Waals surface area contributed by atoms with Crippen molar-refractivity contribution in [2.75, 3.05) is 5.32 Å². The van der Waals surface area contributed by atoms with E-state index in [0.29, 0.717) is 37.9 Å². The molecule has 0 fully saturated rings. The van der Waals surface area contributed by atoms with Crippen molar-refractivity contribution in [1.82, 2.24) is 9.97 Å². The van der Waals surface area contributed by atoms with Gasteiger partial charge in [-0.1, -0.05) is 60.3 Å². The van der Waals surface area contributed by atoms with Crippen molar-refractivity contribution < 1.29 is 0 Å². The van der Waals surface area contributed by atoms with Crippen molar-refractivity contribution in [1.29, 1.82) is 5.26 Å². The van der Waals surface area contributed by atoms with Crippen molar-refractivity contribution in [3.8, 4) is 6.07 Å². The molecule has 2 aromatic rings. The first-order valence-electron chi connectivity index (χ1n) is 7.61. The number of nitriles is 1. The molecule has 26 heavy (non-hydrogen) atoms. The third-order valence-corrected chi connectivity index (χ3v) is 2.89. The second-order valence-electron chi connectivity index (χ2n) is 5.65. The summed E-state index contributed by atoms with van der Waals surface area (Å²) in [5.41, 5.74) is 5.63. The van der Waals surface area contributed by atoms with Crippen molar-refractivity contribution in [3.63, 3.8) is 0 Å². The summed E-state index contributed by atoms with van der Waals surface area (Å²) in [7, 11) is 0. The lowest BCUT2D eigenvalue weighted by atomic mass is 10.3. The summed E-state index contributed by atoms with van der Waals surface area (Å²) in [5, 5.41) is 13.2. The van der Waals surface area contributed by atoms with Crippen molar-refractivity contribution in [2.24, 2.45) is 5.73 Å². The fourth-order valence-corrected chi connectivity index (χ4v) is 2.35. The average Bonchev–Trinajstić information content (AvgIpc) is 2.44. The summed E-state index contributed by atoms with van der Waals surface area (Å²) in [4.78, 5) is 7.71. The van der Waals surface area contributed by atoms with Gasteiger partial charge in [-0.25, -0.2) is 9.97 Å². The lowest BCUT2D eigenvalue weighted by Gasteiger charge is -2.08. The van der Waals surface area contributed by atoms with Gasteiger partial charge in [0, 0.05) is 11.1 Å². The summed E-state index contributed by atoms with van der Waals surface area (Å²) in [5.74, 6) is 0.638. The SMILES string of the molecule is CC(C)N.CC(C)Nc1cc(C#N)cc(Cl)n1.Clc1cc(Cl)nc(Cl)c1. The molecular formula is C17H21Cl4N5. The van der Waals surface area contributed by atoms with E-state index >= 15 is 0 Å². The first kappa shape index (κ1) is 24.7. The number of nitrogens with two attached hydrogens (primary N) is 1. The standard InChI is InChI=1S/C9H10ClN3.C5H2Cl3N.C3H9N/c1-6(2)12-9-4-7(5-11)3-8(10)13-9;6-3-1-4(7)9-5(8)2-3;1-3(2)4/h3-4,6H,1-2H3,(H,12,13);1-2H;3H,4H2,1-2H3. The maximum absolute atomic E-state index is 8.66. The van der Waals surface area contributed by atoms with Crippen LogP contribution in [0.4, 0.5) is 5.82 Å². The number of rotatable bonds is 2. The number of nitrogens with zero attached hydrogens (tertiary/aromatic N) is 3. The Labute approximate surface area is 174 Å². The molecule has 2 heterocycles. The largest absolute Gasteiger partial charge is 0.368 e. The second kappa shape index (κ2) is 13.0. The zero-order chi connectivity index (χ0) is 20.3. The van der Waals surface area contributed by atoms with Crippen LogP contribution in [0.5, 0.6) is 0 Å². The van der Waals surface area contributed by atoms with Gasteiger partial charge in [-0.3, -0.25) is 0 Å². The molecule has 0 amide bonds. The summed E-state index contributed by atoms with van der Waals surface area (Å²) < 4.78 is 0. The molecule has 0 aliphatic carbocycles. The molecule has 2 rings (SSSR count). The highest BCUT2D eigenvalue weighted by Gasteiger charge is 2.01. The molecule has 0 saturated heterocycles. The molecule has 0 radical (unpaired) electrons. The van der Waals surface area contributed by atoms with Crippen LogP contribution in [0.15, 0.2) is 24.3 Å². The molecule has 3 N–H and O–H groups in total. The van der Waals surface area contributed by atoms with Crippen LogP contribution in [0, 0.1) is 11.3 Å². The number of halogens is 4. The first-order valence-corrected chi connectivity index (χ1v) is 9.13. The molecule has 5 nitrogen and oxygen atoms in total. The maximum atomic E-state index is 8.66. The number of nitrogens with one attached hydrogen (secondary N) is 1. The van der Waals surface area contributed by atoms with Crippen LogP contribution >= 0.6 is 46.4 Å². The minimum atomic E-state index is 0.275. The highest BCUT2D eigenvalue weighted by atomic mass is 35.5. The predicted molar refractivity (Wildman–Crippen MR) is 111 cm³/mol. The normalized spacial score (nSPS) is 9.62. The highest BCUT2D eigenvalue weighted by Crippen LogP contribution is 2.18. The molecule has 0 saturated carbocycles. The van der Waals surface area contributed by atoms with Crippen LogP contribution in [-0.2, 0) is 0 Å². The van der Waals surface area contributed by atoms with E-state index < -0.39 is 0 Å². The molecule has 2 aromatic heterocycles. The van der Waals surface area contributed by atoms with Gasteiger partial charge >= 0.3 is 0 Å². The minimum Gasteiger partial charge on any atom is -0.368 e. The number of hydrogen-bond donors (Lipinski definition) is 2. The zero-order valence-electron chi connectivity index (χ0n) is 14.9. The Morgan fingerprint density at radius 3 is 1.77 bits per heavy atom. The topological polar surface area (TPSA) is 87.6 Å². The van der Waals surface area contributed by atoms with Crippen LogP contribution in [0.1, 0.15) is 33.3 Å². The fraction of sp³-hybridized carbons (Fsp3) is 0.353. The molecule has 0 aliphatic rings. The van der Waals surface area contributed by atoms with E-state index in [1.807, 2.05) is 33.8 Å². The van der Waals surface area contributed by atoms with Gasteiger partial charge in [-0.05, 0) is 44.2 Å². The molecule has 9 heteroatoms. The molecule has 0 spiro atoms. The second-order valence-corrected chi connectivity index (χ2v) is 7.25. The van der Waals surface area contributed by atoms with Gasteiger partial charge in [0.05, 0.1) is 11.6 Å². The Hall–Kier alpha value is -1.29. The molecule has 0 atom stereocenters. The third-order valence-electron chi connectivity index (χ3n) is 2.09. The van der Waals surface area contributed by atoms with Gasteiger partial charge in [-0.15, -0.1) is 0 Å². The van der Waals surface area contributed by atoms with Crippen LogP contribution in [0.2, 0.25) is 20.5 Å². The van der Waals surface area contributed by atoms with E-state index in [4.69, 9.17) is 57.4 Å². The van der Waals surface area contributed by atoms with E-state index in [1.54, 1.807) is 6.07 Å². The van der Waals surface area contributed by atoms with Gasteiger partial charge in [0.2, 0.25) is 0 Å². The molecule has 0 unspecified atom stereocenters. The van der Waals surface area contributed by atoms with Crippen LogP contribution in [-0.4, -0.2) is 22.1 Å². The van der Waals surface area contributed by atoms with E-state index in [-0.39, 0.29) is 6.04 Å². The van der Waals surface area contributed by atoms with Crippen LogP contribution in [0.3, 0.4) is 0 Å². The van der Waals surface area contributed by atoms with Gasteiger partial charge < -0.3 is 11.1 Å². The van der Waals surface area contributed by atoms with E-state index in [1.165, 1.54) is 18.2 Å². The smallest absolute Gasteiger partial charge is 0.132 e. The van der Waals surface area contributed by atoms with Gasteiger partial charge in [0.25, 0.3) is 0 Å². The highest BCUT2D eigenvalue weighted by molar-refractivity contribution is 6.36. The van der Waals surface area contributed by atoms with Gasteiger partial charge in [0.15, 0.2) is 0 Å². The summed E-state index contributed by atoms with van der Waals surface area (Å²) in [6, 6.07) is 8.88. The summed E-state index contributed by atoms with van der Waals surface area (Å²) >= 11 is 22.2. The van der Waals surface area contributed by atoms with Gasteiger partial charge in [-0.2, -0.15) is 5.26 Å². The minimum absolute atomic E-state index is 0.275. The zero-order valence-corrected chi connectivity index (χ0v) is 17.9. The van der Waals surface area contributed by atoms with Crippen LogP contribution in [0.25, 0.3) is 0 Å².